The van der Waals surface area contributed by atoms with Gasteiger partial charge >= 0.3 is 5.69 Å². The van der Waals surface area contributed by atoms with E-state index in [-0.39, 0.29) is 23.0 Å². The van der Waals surface area contributed by atoms with Gasteiger partial charge in [0.15, 0.2) is 0 Å². The number of amides is 1. The molecule has 1 aromatic rings. The Balaban J connectivity index is 2.24. The Bertz CT molecular complexity index is 547. The molecular weight excluding hydrogens is 272 g/mol. The van der Waals surface area contributed by atoms with Gasteiger partial charge in [0.1, 0.15) is 11.3 Å². The number of hydrogen-bond donors (Lipinski definition) is 3. The maximum atomic E-state index is 12.4. The summed E-state index contributed by atoms with van der Waals surface area (Å²) in [5.74, 6) is 5.25. The first-order valence-electron chi connectivity index (χ1n) is 7.09. The molecule has 1 aromatic carbocycles. The van der Waals surface area contributed by atoms with Gasteiger partial charge in [-0.1, -0.05) is 25.8 Å². The number of hydrogen-bond acceptors (Lipinski definition) is 5. The van der Waals surface area contributed by atoms with Crippen molar-refractivity contribution in [3.05, 3.63) is 33.9 Å². The predicted octanol–water partition coefficient (Wildman–Crippen LogP) is 2.19. The highest BCUT2D eigenvalue weighted by Crippen LogP contribution is 2.29. The number of nitro groups is 1. The van der Waals surface area contributed by atoms with Crippen molar-refractivity contribution in [3.8, 4) is 0 Å². The highest BCUT2D eigenvalue weighted by molar-refractivity contribution is 6.00. The molecule has 0 saturated heterocycles. The maximum absolute atomic E-state index is 12.4. The second-order valence-electron chi connectivity index (χ2n) is 5.44. The number of para-hydroxylation sites is 1. The summed E-state index contributed by atoms with van der Waals surface area (Å²) in [4.78, 5) is 23.0. The fourth-order valence-corrected chi connectivity index (χ4v) is 2.82. The van der Waals surface area contributed by atoms with Crippen LogP contribution in [-0.2, 0) is 0 Å². The molecule has 0 spiro atoms. The fraction of sp³-hybridized carbons (Fsp3) is 0.500. The van der Waals surface area contributed by atoms with Gasteiger partial charge < -0.3 is 10.7 Å². The van der Waals surface area contributed by atoms with Crippen molar-refractivity contribution in [3.63, 3.8) is 0 Å². The van der Waals surface area contributed by atoms with E-state index in [1.165, 1.54) is 18.6 Å². The van der Waals surface area contributed by atoms with E-state index in [2.05, 4.69) is 17.7 Å². The van der Waals surface area contributed by atoms with Crippen molar-refractivity contribution >= 4 is 17.3 Å². The number of hydrazine groups is 1. The van der Waals surface area contributed by atoms with Crippen molar-refractivity contribution < 1.29 is 9.72 Å². The lowest BCUT2D eigenvalue weighted by Crippen LogP contribution is -2.41. The van der Waals surface area contributed by atoms with E-state index >= 15 is 0 Å². The molecule has 2 unspecified atom stereocenters. The first-order valence-corrected chi connectivity index (χ1v) is 7.09. The molecule has 1 saturated carbocycles. The van der Waals surface area contributed by atoms with Crippen LogP contribution in [0.4, 0.5) is 11.4 Å². The number of carbonyl (C=O) groups excluding carboxylic acids is 1. The third-order valence-corrected chi connectivity index (χ3v) is 4.05. The van der Waals surface area contributed by atoms with Crippen LogP contribution in [0.15, 0.2) is 18.2 Å². The minimum Gasteiger partial charge on any atom is -0.349 e. The normalized spacial score (nSPS) is 21.6. The van der Waals surface area contributed by atoms with Crippen LogP contribution in [0.25, 0.3) is 0 Å². The summed E-state index contributed by atoms with van der Waals surface area (Å²) >= 11 is 0. The number of anilines is 1. The van der Waals surface area contributed by atoms with Gasteiger partial charge in [-0.3, -0.25) is 20.8 Å². The van der Waals surface area contributed by atoms with E-state index in [0.717, 1.165) is 19.3 Å². The Hall–Kier alpha value is -2.15. The lowest BCUT2D eigenvalue weighted by molar-refractivity contribution is -0.384. The molecule has 1 aliphatic carbocycles. The molecule has 1 amide bonds. The lowest BCUT2D eigenvalue weighted by atomic mass is 9.86. The van der Waals surface area contributed by atoms with Crippen LogP contribution in [0, 0.1) is 16.0 Å². The molecule has 1 aliphatic rings. The minimum absolute atomic E-state index is 0.0354. The average Bonchev–Trinajstić information content (AvgIpc) is 2.48. The Morgan fingerprint density at radius 3 is 2.71 bits per heavy atom. The zero-order valence-corrected chi connectivity index (χ0v) is 12.0. The van der Waals surface area contributed by atoms with Crippen LogP contribution in [0.3, 0.4) is 0 Å². The molecule has 7 heteroatoms. The smallest absolute Gasteiger partial charge is 0.306 e. The number of nitrogens with two attached hydrogens (primary N) is 1. The first-order chi connectivity index (χ1) is 10.0. The quantitative estimate of drug-likeness (QED) is 0.447. The summed E-state index contributed by atoms with van der Waals surface area (Å²) in [5, 5.41) is 14.1. The van der Waals surface area contributed by atoms with E-state index < -0.39 is 10.8 Å². The van der Waals surface area contributed by atoms with E-state index in [1.54, 1.807) is 6.07 Å². The standard InChI is InChI=1S/C14H20N4O3/c1-9-5-2-3-7-11(9)16-14(19)10-6-4-8-12(17-15)13(10)18(20)21/h4,6,8-9,11,17H,2-3,5,7,15H2,1H3,(H,16,19). The zero-order valence-electron chi connectivity index (χ0n) is 12.0. The van der Waals surface area contributed by atoms with Crippen LogP contribution in [-0.4, -0.2) is 16.9 Å². The molecule has 0 aromatic heterocycles. The SMILES string of the molecule is CC1CCCCC1NC(=O)c1cccc(NN)c1[N+](=O)[O-]. The predicted molar refractivity (Wildman–Crippen MR) is 79.8 cm³/mol. The highest BCUT2D eigenvalue weighted by atomic mass is 16.6. The molecule has 114 valence electrons. The summed E-state index contributed by atoms with van der Waals surface area (Å²) in [7, 11) is 0. The van der Waals surface area contributed by atoms with Gasteiger partial charge in [0, 0.05) is 6.04 Å². The maximum Gasteiger partial charge on any atom is 0.306 e. The first kappa shape index (κ1) is 15.2. The van der Waals surface area contributed by atoms with Gasteiger partial charge in [-0.2, -0.15) is 0 Å². The van der Waals surface area contributed by atoms with E-state index in [0.29, 0.717) is 5.92 Å². The molecule has 21 heavy (non-hydrogen) atoms. The number of nitrogen functional groups attached to an aromatic ring is 1. The highest BCUT2D eigenvalue weighted by Gasteiger charge is 2.28. The van der Waals surface area contributed by atoms with Crippen LogP contribution >= 0.6 is 0 Å². The second-order valence-corrected chi connectivity index (χ2v) is 5.44. The van der Waals surface area contributed by atoms with Crippen LogP contribution in [0.1, 0.15) is 43.0 Å². The van der Waals surface area contributed by atoms with Gasteiger partial charge in [-0.25, -0.2) is 0 Å². The van der Waals surface area contributed by atoms with Crippen molar-refractivity contribution in [2.24, 2.45) is 11.8 Å². The largest absolute Gasteiger partial charge is 0.349 e. The Morgan fingerprint density at radius 2 is 2.10 bits per heavy atom. The third kappa shape index (κ3) is 3.30. The molecule has 0 radical (unpaired) electrons. The van der Waals surface area contributed by atoms with E-state index in [1.807, 2.05) is 0 Å². The number of nitrogens with one attached hydrogen (secondary N) is 2. The molecule has 4 N–H and O–H groups in total. The monoisotopic (exact) mass is 292 g/mol. The third-order valence-electron chi connectivity index (χ3n) is 4.05. The van der Waals surface area contributed by atoms with Crippen molar-refractivity contribution in [2.75, 3.05) is 5.43 Å². The molecule has 0 aliphatic heterocycles. The van der Waals surface area contributed by atoms with Crippen molar-refractivity contribution in [1.29, 1.82) is 0 Å². The van der Waals surface area contributed by atoms with Crippen LogP contribution in [0.5, 0.6) is 0 Å². The minimum atomic E-state index is -0.589. The zero-order chi connectivity index (χ0) is 15.4. The second kappa shape index (κ2) is 6.53. The van der Waals surface area contributed by atoms with Crippen molar-refractivity contribution in [1.82, 2.24) is 5.32 Å². The Labute approximate surface area is 123 Å². The summed E-state index contributed by atoms with van der Waals surface area (Å²) < 4.78 is 0. The van der Waals surface area contributed by atoms with Crippen LogP contribution in [0.2, 0.25) is 0 Å². The van der Waals surface area contributed by atoms with Crippen molar-refractivity contribution in [2.45, 2.75) is 38.6 Å². The van der Waals surface area contributed by atoms with Gasteiger partial charge in [0.2, 0.25) is 0 Å². The summed E-state index contributed by atoms with van der Waals surface area (Å²) in [6, 6.07) is 4.56. The van der Waals surface area contributed by atoms with Gasteiger partial charge in [-0.05, 0) is 30.9 Å². The summed E-state index contributed by atoms with van der Waals surface area (Å²) in [6.45, 7) is 2.09. The molecule has 2 rings (SSSR count). The lowest BCUT2D eigenvalue weighted by Gasteiger charge is -2.29. The van der Waals surface area contributed by atoms with Gasteiger partial charge in [0.05, 0.1) is 4.92 Å². The average molecular weight is 292 g/mol. The van der Waals surface area contributed by atoms with E-state index in [9.17, 15) is 14.9 Å². The van der Waals surface area contributed by atoms with Gasteiger partial charge in [-0.15, -0.1) is 0 Å². The number of carbonyl (C=O) groups is 1. The molecule has 0 bridgehead atoms. The Morgan fingerprint density at radius 1 is 1.38 bits per heavy atom. The number of rotatable bonds is 4. The molecule has 2 atom stereocenters. The Kier molecular flexibility index (Phi) is 4.74. The van der Waals surface area contributed by atoms with E-state index in [4.69, 9.17) is 5.84 Å². The number of nitro benzene ring substituents is 1. The summed E-state index contributed by atoms with van der Waals surface area (Å²) in [5.41, 5.74) is 2.14. The van der Waals surface area contributed by atoms with Crippen LogP contribution < -0.4 is 16.6 Å². The molecule has 7 nitrogen and oxygen atoms in total. The molecule has 0 heterocycles. The topological polar surface area (TPSA) is 110 Å². The number of benzene rings is 1. The number of nitrogens with zero attached hydrogens (tertiary/aromatic N) is 1. The molecule has 1 fully saturated rings. The molecular formula is C14H20N4O3. The fourth-order valence-electron chi connectivity index (χ4n) is 2.82. The van der Waals surface area contributed by atoms with Gasteiger partial charge in [0.25, 0.3) is 5.91 Å². The summed E-state index contributed by atoms with van der Waals surface area (Å²) in [6.07, 6.45) is 4.22.